The topological polar surface area (TPSA) is 100 Å². The molecule has 12 heteroatoms. The lowest BCUT2D eigenvalue weighted by atomic mass is 9.98. The summed E-state index contributed by atoms with van der Waals surface area (Å²) in [5.41, 5.74) is 11.0. The van der Waals surface area contributed by atoms with E-state index in [0.29, 0.717) is 27.9 Å². The maximum Gasteiger partial charge on any atom is 0.250 e. The van der Waals surface area contributed by atoms with Crippen LogP contribution in [0.1, 0.15) is 31.4 Å². The highest BCUT2D eigenvalue weighted by atomic mass is 35.5. The zero-order valence-corrected chi connectivity index (χ0v) is 26.6. The lowest BCUT2D eigenvalue weighted by molar-refractivity contribution is -0.114. The first-order valence-corrected chi connectivity index (χ1v) is 15.6. The summed E-state index contributed by atoms with van der Waals surface area (Å²) in [7, 11) is 1.87. The van der Waals surface area contributed by atoms with Crippen molar-refractivity contribution in [3.05, 3.63) is 83.4 Å². The number of alkyl halides is 1. The Morgan fingerprint density at radius 2 is 2.02 bits per heavy atom. The quantitative estimate of drug-likeness (QED) is 0.221. The Kier molecular flexibility index (Phi) is 9.14. The third-order valence-corrected chi connectivity index (χ3v) is 9.13. The average molecular weight is 649 g/mol. The molecule has 1 aliphatic heterocycles. The number of benzene rings is 2. The van der Waals surface area contributed by atoms with Crippen molar-refractivity contribution in [2.75, 3.05) is 26.3 Å². The van der Waals surface area contributed by atoms with Gasteiger partial charge < -0.3 is 20.1 Å². The molecule has 1 saturated heterocycles. The largest absolute Gasteiger partial charge is 0.489 e. The standard InChI is InChI=1S/C33H34ClFN6O3S/c1-20(25-4-3-5-29(31(25)34)44-24-8-11-40(12-9-24)13-10-35)43-30-16-23(15-26(32(30)45)33(36)42)41-19-37-27-14-21(6-7-28(27)41)22-17-38-39(2)18-22/h3-7,14-20,24,30H,8-13H2,1-2H3,(H2,36,42)/t20-,30?/m1/s1. The Balaban J connectivity index is 1.23. The minimum atomic E-state index is -0.731. The van der Waals surface area contributed by atoms with E-state index in [1.54, 1.807) is 23.3 Å². The van der Waals surface area contributed by atoms with Crippen molar-refractivity contribution >= 4 is 51.3 Å². The van der Waals surface area contributed by atoms with Crippen LogP contribution in [-0.4, -0.2) is 73.5 Å². The number of thiocarbonyl (C=S) groups is 1. The number of halogens is 2. The molecule has 0 radical (unpaired) electrons. The molecule has 1 amide bonds. The zero-order valence-electron chi connectivity index (χ0n) is 25.0. The predicted octanol–water partition coefficient (Wildman–Crippen LogP) is 5.69. The van der Waals surface area contributed by atoms with Crippen LogP contribution < -0.4 is 10.5 Å². The number of fused-ring (bicyclic) bond motifs is 1. The number of nitrogens with two attached hydrogens (primary N) is 1. The molecule has 2 aliphatic rings. The number of ether oxygens (including phenoxy) is 2. The van der Waals surface area contributed by atoms with Gasteiger partial charge in [-0.05, 0) is 55.7 Å². The predicted molar refractivity (Wildman–Crippen MR) is 177 cm³/mol. The van der Waals surface area contributed by atoms with Crippen molar-refractivity contribution in [1.82, 2.24) is 24.2 Å². The Labute approximate surface area is 271 Å². The first-order chi connectivity index (χ1) is 21.7. The fourth-order valence-electron chi connectivity index (χ4n) is 5.84. The number of hydrogen-bond acceptors (Lipinski definition) is 7. The van der Waals surface area contributed by atoms with Crippen molar-refractivity contribution in [1.29, 1.82) is 0 Å². The second-order valence-electron chi connectivity index (χ2n) is 11.3. The number of imidazole rings is 1. The summed E-state index contributed by atoms with van der Waals surface area (Å²) in [6, 6.07) is 11.6. The first kappa shape index (κ1) is 31.1. The molecule has 1 aliphatic carbocycles. The van der Waals surface area contributed by atoms with Gasteiger partial charge in [-0.3, -0.25) is 14.0 Å². The lowest BCUT2D eigenvalue weighted by Crippen LogP contribution is -2.39. The van der Waals surface area contributed by atoms with Gasteiger partial charge in [-0.15, -0.1) is 0 Å². The summed E-state index contributed by atoms with van der Waals surface area (Å²) >= 11 is 12.5. The van der Waals surface area contributed by atoms with Crippen molar-refractivity contribution in [3.8, 4) is 16.9 Å². The summed E-state index contributed by atoms with van der Waals surface area (Å²) in [6.07, 6.45) is 9.35. The maximum absolute atomic E-state index is 12.7. The second-order valence-corrected chi connectivity index (χ2v) is 12.1. The summed E-state index contributed by atoms with van der Waals surface area (Å²) in [5, 5.41) is 4.72. The van der Waals surface area contributed by atoms with E-state index in [1.807, 2.05) is 67.2 Å². The number of rotatable bonds is 10. The number of likely N-dealkylation sites (tertiary alicyclic amines) is 1. The number of carbonyl (C=O) groups excluding carboxylic acids is 1. The molecule has 2 aromatic heterocycles. The second kappa shape index (κ2) is 13.2. The van der Waals surface area contributed by atoms with E-state index in [4.69, 9.17) is 39.0 Å². The van der Waals surface area contributed by atoms with Crippen LogP contribution in [-0.2, 0) is 16.6 Å². The van der Waals surface area contributed by atoms with E-state index in [0.717, 1.165) is 53.7 Å². The van der Waals surface area contributed by atoms with Crippen LogP contribution in [0.5, 0.6) is 5.75 Å². The molecule has 1 unspecified atom stereocenters. The van der Waals surface area contributed by atoms with Crippen molar-refractivity contribution in [3.63, 3.8) is 0 Å². The monoisotopic (exact) mass is 648 g/mol. The SMILES string of the molecule is C[C@@H](OC1C=C(n2cnc3cc(-c4cnn(C)c4)ccc32)C=C(C(N)=O)C1=S)c1cccc(OC2CCN(CCF)CC2)c1Cl. The Morgan fingerprint density at radius 3 is 2.73 bits per heavy atom. The summed E-state index contributed by atoms with van der Waals surface area (Å²) < 4.78 is 29.1. The molecule has 3 heterocycles. The Bertz CT molecular complexity index is 1810. The van der Waals surface area contributed by atoms with Crippen LogP contribution >= 0.6 is 23.8 Å². The molecule has 45 heavy (non-hydrogen) atoms. The third kappa shape index (κ3) is 6.57. The van der Waals surface area contributed by atoms with Gasteiger partial charge >= 0.3 is 0 Å². The normalized spacial score (nSPS) is 18.6. The van der Waals surface area contributed by atoms with Gasteiger partial charge in [0, 0.05) is 49.7 Å². The molecule has 0 saturated carbocycles. The maximum atomic E-state index is 12.7. The smallest absolute Gasteiger partial charge is 0.250 e. The summed E-state index contributed by atoms with van der Waals surface area (Å²) in [5.74, 6) is -0.0644. The van der Waals surface area contributed by atoms with E-state index in [-0.39, 0.29) is 18.4 Å². The fraction of sp³-hybridized carbons (Fsp3) is 0.333. The van der Waals surface area contributed by atoms with Crippen LogP contribution in [0.4, 0.5) is 4.39 Å². The number of aromatic nitrogens is 4. The molecule has 2 aromatic carbocycles. The highest BCUT2D eigenvalue weighted by molar-refractivity contribution is 7.81. The van der Waals surface area contributed by atoms with Gasteiger partial charge in [0.05, 0.1) is 38.8 Å². The Hall–Kier alpha value is -3.90. The molecule has 1 fully saturated rings. The molecule has 234 valence electrons. The molecule has 0 bridgehead atoms. The minimum Gasteiger partial charge on any atom is -0.489 e. The van der Waals surface area contributed by atoms with Gasteiger partial charge in [0.2, 0.25) is 5.91 Å². The third-order valence-electron chi connectivity index (χ3n) is 8.28. The van der Waals surface area contributed by atoms with Crippen LogP contribution in [0.25, 0.3) is 27.9 Å². The van der Waals surface area contributed by atoms with E-state index >= 15 is 0 Å². The van der Waals surface area contributed by atoms with Crippen LogP contribution in [0.15, 0.2) is 72.8 Å². The fourth-order valence-corrected chi connectivity index (χ4v) is 6.45. The zero-order chi connectivity index (χ0) is 31.7. The molecule has 6 rings (SSSR count). The number of carbonyl (C=O) groups is 1. The van der Waals surface area contributed by atoms with E-state index in [1.165, 1.54) is 0 Å². The summed E-state index contributed by atoms with van der Waals surface area (Å²) in [4.78, 5) is 19.5. The van der Waals surface area contributed by atoms with Gasteiger partial charge in [-0.25, -0.2) is 9.37 Å². The van der Waals surface area contributed by atoms with E-state index < -0.39 is 18.1 Å². The van der Waals surface area contributed by atoms with Gasteiger partial charge in [0.25, 0.3) is 0 Å². The number of aryl methyl sites for hydroxylation is 1. The number of amides is 1. The van der Waals surface area contributed by atoms with Crippen LogP contribution in [0.3, 0.4) is 0 Å². The molecule has 9 nitrogen and oxygen atoms in total. The number of hydrogen-bond donors (Lipinski definition) is 1. The molecule has 2 N–H and O–H groups in total. The number of piperidine rings is 1. The highest BCUT2D eigenvalue weighted by Gasteiger charge is 2.29. The van der Waals surface area contributed by atoms with Crippen molar-refractivity contribution < 1.29 is 18.7 Å². The van der Waals surface area contributed by atoms with Gasteiger partial charge in [0.1, 0.15) is 31.0 Å². The molecule has 2 atom stereocenters. The molecular formula is C33H34ClFN6O3S. The minimum absolute atomic E-state index is 0.00467. The van der Waals surface area contributed by atoms with Crippen LogP contribution in [0, 0.1) is 0 Å². The summed E-state index contributed by atoms with van der Waals surface area (Å²) in [6.45, 7) is 3.56. The van der Waals surface area contributed by atoms with Crippen molar-refractivity contribution in [2.45, 2.75) is 38.1 Å². The number of primary amides is 1. The van der Waals surface area contributed by atoms with Crippen LogP contribution in [0.2, 0.25) is 5.02 Å². The number of nitrogens with zero attached hydrogens (tertiary/aromatic N) is 5. The highest BCUT2D eigenvalue weighted by Crippen LogP contribution is 2.37. The van der Waals surface area contributed by atoms with E-state index in [2.05, 4.69) is 15.0 Å². The molecular weight excluding hydrogens is 615 g/mol. The van der Waals surface area contributed by atoms with E-state index in [9.17, 15) is 9.18 Å². The van der Waals surface area contributed by atoms with Gasteiger partial charge in [0.15, 0.2) is 0 Å². The lowest BCUT2D eigenvalue weighted by Gasteiger charge is -2.32. The molecule has 0 spiro atoms. The first-order valence-electron chi connectivity index (χ1n) is 14.8. The van der Waals surface area contributed by atoms with Gasteiger partial charge in [-0.2, -0.15) is 5.10 Å². The van der Waals surface area contributed by atoms with Crippen molar-refractivity contribution in [2.24, 2.45) is 12.8 Å². The molecule has 4 aromatic rings. The number of allylic oxidation sites excluding steroid dienone is 2. The van der Waals surface area contributed by atoms with Gasteiger partial charge in [-0.1, -0.05) is 42.0 Å². The average Bonchev–Trinajstić information content (AvgIpc) is 3.66. The Morgan fingerprint density at radius 1 is 1.22 bits per heavy atom.